The fourth-order valence-corrected chi connectivity index (χ4v) is 0.917. The van der Waals surface area contributed by atoms with E-state index in [1.165, 1.54) is 0 Å². The summed E-state index contributed by atoms with van der Waals surface area (Å²) in [5, 5.41) is 0. The molecule has 2 heteroatoms. The molecule has 0 aromatic heterocycles. The molecule has 0 heterocycles. The first-order valence-electron chi connectivity index (χ1n) is 5.07. The summed E-state index contributed by atoms with van der Waals surface area (Å²) >= 11 is 0. The molecule has 0 aliphatic heterocycles. The van der Waals surface area contributed by atoms with Crippen LogP contribution in [0.25, 0.3) is 0 Å². The van der Waals surface area contributed by atoms with Crippen LogP contribution in [0.2, 0.25) is 0 Å². The molecule has 0 bridgehead atoms. The molecule has 0 atom stereocenters. The Morgan fingerprint density at radius 3 is 2.19 bits per heavy atom. The zero-order valence-electron chi connectivity index (χ0n) is 10.0. The highest BCUT2D eigenvalue weighted by molar-refractivity contribution is 5.46. The average molecular weight is 216 g/mol. The van der Waals surface area contributed by atoms with Gasteiger partial charge in [0, 0.05) is 11.4 Å². The van der Waals surface area contributed by atoms with Crippen molar-refractivity contribution in [1.82, 2.24) is 0 Å². The molecule has 0 aromatic carbocycles. The van der Waals surface area contributed by atoms with Gasteiger partial charge in [-0.25, -0.2) is 0 Å². The molecular weight excluding hydrogens is 196 g/mol. The third-order valence-corrected chi connectivity index (χ3v) is 1.93. The van der Waals surface area contributed by atoms with Gasteiger partial charge in [-0.1, -0.05) is 37.5 Å². The maximum atomic E-state index is 5.64. The van der Waals surface area contributed by atoms with Crippen molar-refractivity contribution in [2.45, 2.75) is 13.8 Å². The number of allylic oxidation sites excluding steroid dienone is 9. The van der Waals surface area contributed by atoms with E-state index in [1.807, 2.05) is 38.2 Å². The van der Waals surface area contributed by atoms with Gasteiger partial charge in [0.1, 0.15) is 0 Å². The van der Waals surface area contributed by atoms with Crippen LogP contribution in [0.15, 0.2) is 72.2 Å². The minimum absolute atomic E-state index is 0.704. The van der Waals surface area contributed by atoms with Crippen LogP contribution < -0.4 is 11.5 Å². The topological polar surface area (TPSA) is 52.0 Å². The molecule has 0 aliphatic rings. The van der Waals surface area contributed by atoms with Gasteiger partial charge >= 0.3 is 0 Å². The maximum absolute atomic E-state index is 5.64. The Morgan fingerprint density at radius 1 is 1.12 bits per heavy atom. The molecule has 0 amide bonds. The van der Waals surface area contributed by atoms with Gasteiger partial charge < -0.3 is 11.5 Å². The molecule has 0 aromatic rings. The Hall–Kier alpha value is -1.96. The van der Waals surface area contributed by atoms with Gasteiger partial charge in [0.15, 0.2) is 0 Å². The second-order valence-corrected chi connectivity index (χ2v) is 3.38. The highest BCUT2D eigenvalue weighted by Crippen LogP contribution is 2.11. The molecule has 86 valence electrons. The summed E-state index contributed by atoms with van der Waals surface area (Å²) in [4.78, 5) is 0. The Morgan fingerprint density at radius 2 is 1.75 bits per heavy atom. The van der Waals surface area contributed by atoms with Gasteiger partial charge in [0.05, 0.1) is 0 Å². The molecule has 0 unspecified atom stereocenters. The monoisotopic (exact) mass is 216 g/mol. The van der Waals surface area contributed by atoms with Crippen molar-refractivity contribution >= 4 is 0 Å². The molecule has 16 heavy (non-hydrogen) atoms. The zero-order chi connectivity index (χ0) is 12.6. The summed E-state index contributed by atoms with van der Waals surface area (Å²) in [7, 11) is 0. The molecule has 2 nitrogen and oxygen atoms in total. The van der Waals surface area contributed by atoms with Crippen molar-refractivity contribution in [3.63, 3.8) is 0 Å². The molecule has 0 saturated carbocycles. The summed E-state index contributed by atoms with van der Waals surface area (Å²) in [6, 6.07) is 0. The fraction of sp³-hybridized carbons (Fsp3) is 0.143. The van der Waals surface area contributed by atoms with Gasteiger partial charge in [-0.3, -0.25) is 0 Å². The lowest BCUT2D eigenvalue weighted by atomic mass is 10.1. The van der Waals surface area contributed by atoms with E-state index in [9.17, 15) is 0 Å². The van der Waals surface area contributed by atoms with Gasteiger partial charge in [0.25, 0.3) is 0 Å². The minimum atomic E-state index is 0.704. The second-order valence-electron chi connectivity index (χ2n) is 3.38. The largest absolute Gasteiger partial charge is 0.402 e. The van der Waals surface area contributed by atoms with Gasteiger partial charge in [-0.05, 0) is 37.1 Å². The van der Waals surface area contributed by atoms with Gasteiger partial charge in [-0.2, -0.15) is 0 Å². The lowest BCUT2D eigenvalue weighted by molar-refractivity contribution is 1.31. The molecule has 0 radical (unpaired) electrons. The molecule has 0 fully saturated rings. The van der Waals surface area contributed by atoms with Crippen LogP contribution in [0, 0.1) is 0 Å². The lowest BCUT2D eigenvalue weighted by Crippen LogP contribution is -1.92. The van der Waals surface area contributed by atoms with Crippen LogP contribution in [0.4, 0.5) is 0 Å². The number of rotatable bonds is 5. The molecular formula is C14H20N2. The smallest absolute Gasteiger partial charge is 0.0270 e. The van der Waals surface area contributed by atoms with Crippen LogP contribution in [-0.4, -0.2) is 0 Å². The third kappa shape index (κ3) is 5.70. The first-order chi connectivity index (χ1) is 7.51. The van der Waals surface area contributed by atoms with Crippen molar-refractivity contribution in [2.24, 2.45) is 11.5 Å². The fourth-order valence-electron chi connectivity index (χ4n) is 0.917. The summed E-state index contributed by atoms with van der Waals surface area (Å²) in [5.74, 6) is 0. The lowest BCUT2D eigenvalue weighted by Gasteiger charge is -2.00. The Balaban J connectivity index is 4.81. The predicted octanol–water partition coefficient (Wildman–Crippen LogP) is 2.94. The first-order valence-corrected chi connectivity index (χ1v) is 5.07. The highest BCUT2D eigenvalue weighted by Gasteiger charge is 1.93. The Kier molecular flexibility index (Phi) is 6.45. The van der Waals surface area contributed by atoms with Crippen LogP contribution in [0.5, 0.6) is 0 Å². The zero-order valence-corrected chi connectivity index (χ0v) is 10.0. The van der Waals surface area contributed by atoms with Crippen LogP contribution in [0.1, 0.15) is 13.8 Å². The normalized spacial score (nSPS) is 14.2. The average Bonchev–Trinajstić information content (AvgIpc) is 2.26. The van der Waals surface area contributed by atoms with Crippen molar-refractivity contribution in [3.05, 3.63) is 72.2 Å². The number of nitrogens with two attached hydrogens (primary N) is 2. The summed E-state index contributed by atoms with van der Waals surface area (Å²) in [6.45, 7) is 11.4. The van der Waals surface area contributed by atoms with E-state index in [0.29, 0.717) is 5.70 Å². The van der Waals surface area contributed by atoms with Crippen LogP contribution >= 0.6 is 0 Å². The van der Waals surface area contributed by atoms with E-state index in [-0.39, 0.29) is 0 Å². The van der Waals surface area contributed by atoms with E-state index in [1.54, 1.807) is 12.2 Å². The van der Waals surface area contributed by atoms with E-state index in [0.717, 1.165) is 16.8 Å². The molecule has 0 saturated heterocycles. The van der Waals surface area contributed by atoms with E-state index in [4.69, 9.17) is 11.5 Å². The van der Waals surface area contributed by atoms with Crippen molar-refractivity contribution < 1.29 is 0 Å². The summed E-state index contributed by atoms with van der Waals surface area (Å²) < 4.78 is 0. The van der Waals surface area contributed by atoms with E-state index < -0.39 is 0 Å². The van der Waals surface area contributed by atoms with Crippen molar-refractivity contribution in [1.29, 1.82) is 0 Å². The van der Waals surface area contributed by atoms with Crippen molar-refractivity contribution in [3.8, 4) is 0 Å². The maximum Gasteiger partial charge on any atom is 0.0270 e. The number of hydrogen-bond acceptors (Lipinski definition) is 2. The highest BCUT2D eigenvalue weighted by atomic mass is 14.5. The molecule has 0 rings (SSSR count). The first kappa shape index (κ1) is 14.0. The Bertz CT molecular complexity index is 376. The van der Waals surface area contributed by atoms with Gasteiger partial charge in [-0.15, -0.1) is 0 Å². The molecule has 4 N–H and O–H groups in total. The van der Waals surface area contributed by atoms with Crippen LogP contribution in [-0.2, 0) is 0 Å². The van der Waals surface area contributed by atoms with Gasteiger partial charge in [0.2, 0.25) is 0 Å². The Labute approximate surface area is 98.0 Å². The van der Waals surface area contributed by atoms with Crippen molar-refractivity contribution in [2.75, 3.05) is 0 Å². The van der Waals surface area contributed by atoms with E-state index in [2.05, 4.69) is 13.2 Å². The predicted molar refractivity (Wildman–Crippen MR) is 72.4 cm³/mol. The SMILES string of the molecule is C=C/C(=C\C=C(/C)N)C(=C)/C=C\C(N)=C/C. The molecule has 0 spiro atoms. The van der Waals surface area contributed by atoms with E-state index >= 15 is 0 Å². The summed E-state index contributed by atoms with van der Waals surface area (Å²) in [6.07, 6.45) is 10.9. The second kappa shape index (κ2) is 7.35. The van der Waals surface area contributed by atoms with Crippen LogP contribution in [0.3, 0.4) is 0 Å². The minimum Gasteiger partial charge on any atom is -0.402 e. The third-order valence-electron chi connectivity index (χ3n) is 1.93. The quantitative estimate of drug-likeness (QED) is 0.694. The number of hydrogen-bond donors (Lipinski definition) is 2. The standard InChI is InChI=1S/C14H20N2/c1-5-13(9-8-12(4)15)11(3)7-10-14(16)6-2/h5-10H,1,3,15-16H2,2,4H3/b10-7-,12-8+,13-9+,14-6+. The molecule has 0 aliphatic carbocycles. The summed E-state index contributed by atoms with van der Waals surface area (Å²) in [5.41, 5.74) is 14.4.